The summed E-state index contributed by atoms with van der Waals surface area (Å²) in [4.78, 5) is 25.8. The average Bonchev–Trinajstić information content (AvgIpc) is 2.84. The maximum absolute atomic E-state index is 12.7. The van der Waals surface area contributed by atoms with Gasteiger partial charge in [-0.1, -0.05) is 56.4 Å². The molecule has 1 saturated heterocycles. The van der Waals surface area contributed by atoms with Crippen LogP contribution in [0.4, 0.5) is 0 Å². The molecule has 5 nitrogen and oxygen atoms in total. The number of hydrogen-bond donors (Lipinski definition) is 0. The summed E-state index contributed by atoms with van der Waals surface area (Å²) in [5, 5.41) is 11.5. The summed E-state index contributed by atoms with van der Waals surface area (Å²) in [5.41, 5.74) is 0.817. The Kier molecular flexibility index (Phi) is 6.61. The van der Waals surface area contributed by atoms with Gasteiger partial charge in [0.05, 0.1) is 23.5 Å². The third-order valence-corrected chi connectivity index (χ3v) is 5.35. The number of benzene rings is 1. The van der Waals surface area contributed by atoms with Crippen LogP contribution < -0.4 is 9.84 Å². The lowest BCUT2D eigenvalue weighted by Gasteiger charge is -2.32. The van der Waals surface area contributed by atoms with Crippen LogP contribution in [-0.4, -0.2) is 33.7 Å². The van der Waals surface area contributed by atoms with Crippen LogP contribution in [0.15, 0.2) is 29.2 Å². The predicted octanol–water partition coefficient (Wildman–Crippen LogP) is 2.45. The number of hydrogen-bond acceptors (Lipinski definition) is 6. The molecule has 2 atom stereocenters. The van der Waals surface area contributed by atoms with E-state index in [4.69, 9.17) is 17.0 Å². The molecule has 0 bridgehead atoms. The molecular formula is C18H20NO4S2-. The van der Waals surface area contributed by atoms with Gasteiger partial charge in [0.15, 0.2) is 0 Å². The van der Waals surface area contributed by atoms with Gasteiger partial charge in [0, 0.05) is 0 Å². The fraction of sp³-hybridized carbons (Fsp3) is 0.389. The van der Waals surface area contributed by atoms with Crippen molar-refractivity contribution in [2.45, 2.75) is 33.2 Å². The van der Waals surface area contributed by atoms with Gasteiger partial charge < -0.3 is 14.6 Å². The van der Waals surface area contributed by atoms with Crippen molar-refractivity contribution in [3.05, 3.63) is 34.7 Å². The maximum Gasteiger partial charge on any atom is 0.266 e. The van der Waals surface area contributed by atoms with E-state index < -0.39 is 17.9 Å². The highest BCUT2D eigenvalue weighted by Gasteiger charge is 2.39. The first kappa shape index (κ1) is 19.5. The van der Waals surface area contributed by atoms with E-state index in [9.17, 15) is 14.7 Å². The van der Waals surface area contributed by atoms with Crippen LogP contribution in [-0.2, 0) is 9.59 Å². The molecule has 0 aliphatic carbocycles. The van der Waals surface area contributed by atoms with Crippen LogP contribution in [0, 0.1) is 5.92 Å². The van der Waals surface area contributed by atoms with Crippen molar-refractivity contribution < 1.29 is 19.4 Å². The molecule has 7 heteroatoms. The lowest BCUT2D eigenvalue weighted by molar-refractivity contribution is -0.311. The summed E-state index contributed by atoms with van der Waals surface area (Å²) >= 11 is 6.36. The number of carboxylic acids is 1. The smallest absolute Gasteiger partial charge is 0.266 e. The number of thioether (sulfide) groups is 1. The summed E-state index contributed by atoms with van der Waals surface area (Å²) in [6.07, 6.45) is 2.31. The van der Waals surface area contributed by atoms with Gasteiger partial charge >= 0.3 is 0 Å². The molecule has 0 aromatic heterocycles. The number of carbonyl (C=O) groups is 2. The highest BCUT2D eigenvalue weighted by atomic mass is 32.2. The Morgan fingerprint density at radius 1 is 1.36 bits per heavy atom. The molecular weight excluding hydrogens is 358 g/mol. The Balaban J connectivity index is 2.26. The summed E-state index contributed by atoms with van der Waals surface area (Å²) in [6, 6.07) is 6.26. The molecule has 1 aliphatic rings. The van der Waals surface area contributed by atoms with Gasteiger partial charge in [-0.25, -0.2) is 0 Å². The standard InChI is InChI=1S/C18H21NO4S2/c1-4-11(3)15(17(21)22)19-16(20)14(25-18(19)24)10-12-6-8-13(9-7-12)23-5-2/h6-11,15H,4-5H2,1-3H3,(H,21,22)/p-1/b14-10-/t11-,15-/m0/s1. The summed E-state index contributed by atoms with van der Waals surface area (Å²) < 4.78 is 5.64. The largest absolute Gasteiger partial charge is 0.548 e. The number of ether oxygens (including phenoxy) is 1. The van der Waals surface area contributed by atoms with Gasteiger partial charge in [-0.3, -0.25) is 9.69 Å². The molecule has 0 radical (unpaired) electrons. The van der Waals surface area contributed by atoms with E-state index in [2.05, 4.69) is 0 Å². The Bertz CT molecular complexity index is 700. The molecule has 1 aromatic rings. The SMILES string of the molecule is CCOc1ccc(/C=C2\SC(=S)N([C@H](C(=O)[O-])[C@@H](C)CC)C2=O)cc1. The van der Waals surface area contributed by atoms with Crippen LogP contribution in [0.3, 0.4) is 0 Å². The van der Waals surface area contributed by atoms with Crippen LogP contribution >= 0.6 is 24.0 Å². The van der Waals surface area contributed by atoms with Crippen LogP contribution in [0.25, 0.3) is 6.08 Å². The molecule has 0 unspecified atom stereocenters. The summed E-state index contributed by atoms with van der Waals surface area (Å²) in [5.74, 6) is -1.18. The fourth-order valence-electron chi connectivity index (χ4n) is 2.51. The predicted molar refractivity (Wildman–Crippen MR) is 101 cm³/mol. The molecule has 1 heterocycles. The summed E-state index contributed by atoms with van der Waals surface area (Å²) in [6.45, 7) is 6.13. The highest BCUT2D eigenvalue weighted by molar-refractivity contribution is 8.26. The van der Waals surface area contributed by atoms with Crippen LogP contribution in [0.1, 0.15) is 32.8 Å². The first-order valence-electron chi connectivity index (χ1n) is 8.09. The number of carbonyl (C=O) groups excluding carboxylic acids is 2. The van der Waals surface area contributed by atoms with Crippen molar-refractivity contribution in [3.63, 3.8) is 0 Å². The molecule has 0 saturated carbocycles. The Morgan fingerprint density at radius 2 is 2.00 bits per heavy atom. The van der Waals surface area contributed by atoms with Crippen LogP contribution in [0.5, 0.6) is 5.75 Å². The number of amides is 1. The van der Waals surface area contributed by atoms with Gasteiger partial charge in [0.2, 0.25) is 0 Å². The van der Waals surface area contributed by atoms with Crippen LogP contribution in [0.2, 0.25) is 0 Å². The summed E-state index contributed by atoms with van der Waals surface area (Å²) in [7, 11) is 0. The second-order valence-corrected chi connectivity index (χ2v) is 7.38. The van der Waals surface area contributed by atoms with E-state index >= 15 is 0 Å². The van der Waals surface area contributed by atoms with Gasteiger partial charge in [0.25, 0.3) is 5.91 Å². The number of carboxylic acid groups (broad SMARTS) is 1. The zero-order valence-electron chi connectivity index (χ0n) is 14.4. The Morgan fingerprint density at radius 3 is 2.52 bits per heavy atom. The second-order valence-electron chi connectivity index (χ2n) is 5.70. The second kappa shape index (κ2) is 8.49. The van der Waals surface area contributed by atoms with E-state index in [1.165, 1.54) is 4.90 Å². The first-order chi connectivity index (χ1) is 11.9. The Labute approximate surface area is 157 Å². The van der Waals surface area contributed by atoms with E-state index in [-0.39, 0.29) is 10.2 Å². The lowest BCUT2D eigenvalue weighted by Crippen LogP contribution is -2.53. The minimum Gasteiger partial charge on any atom is -0.548 e. The van der Waals surface area contributed by atoms with E-state index in [1.54, 1.807) is 13.0 Å². The third kappa shape index (κ3) is 4.41. The first-order valence-corrected chi connectivity index (χ1v) is 9.32. The monoisotopic (exact) mass is 378 g/mol. The molecule has 2 rings (SSSR count). The van der Waals surface area contributed by atoms with Crippen molar-refractivity contribution in [1.29, 1.82) is 0 Å². The zero-order valence-corrected chi connectivity index (χ0v) is 16.0. The number of rotatable bonds is 7. The van der Waals surface area contributed by atoms with Crippen molar-refractivity contribution in [2.24, 2.45) is 5.92 Å². The molecule has 134 valence electrons. The van der Waals surface area contributed by atoms with Crippen molar-refractivity contribution in [3.8, 4) is 5.75 Å². The number of aliphatic carboxylic acids is 1. The quantitative estimate of drug-likeness (QED) is 0.536. The Hall–Kier alpha value is -1.86. The maximum atomic E-state index is 12.7. The molecule has 1 fully saturated rings. The number of nitrogens with zero attached hydrogens (tertiary/aromatic N) is 1. The van der Waals surface area contributed by atoms with Crippen molar-refractivity contribution in [1.82, 2.24) is 4.90 Å². The van der Waals surface area contributed by atoms with E-state index in [0.29, 0.717) is 17.9 Å². The minimum atomic E-state index is -1.28. The normalized spacial score (nSPS) is 18.5. The molecule has 0 N–H and O–H groups in total. The molecule has 1 amide bonds. The fourth-order valence-corrected chi connectivity index (χ4v) is 3.84. The zero-order chi connectivity index (χ0) is 18.6. The van der Waals surface area contributed by atoms with Gasteiger partial charge in [-0.15, -0.1) is 0 Å². The van der Waals surface area contributed by atoms with Crippen molar-refractivity contribution in [2.75, 3.05) is 6.61 Å². The van der Waals surface area contributed by atoms with Crippen molar-refractivity contribution >= 4 is 46.3 Å². The van der Waals surface area contributed by atoms with Gasteiger partial charge in [0.1, 0.15) is 10.1 Å². The lowest BCUT2D eigenvalue weighted by atomic mass is 9.98. The topological polar surface area (TPSA) is 69.7 Å². The molecule has 1 aliphatic heterocycles. The minimum absolute atomic E-state index is 0.247. The van der Waals surface area contributed by atoms with E-state index in [0.717, 1.165) is 23.1 Å². The van der Waals surface area contributed by atoms with E-state index in [1.807, 2.05) is 38.1 Å². The third-order valence-electron chi connectivity index (χ3n) is 4.02. The number of thiocarbonyl (C=S) groups is 1. The molecule has 25 heavy (non-hydrogen) atoms. The van der Waals surface area contributed by atoms with Gasteiger partial charge in [-0.05, 0) is 36.6 Å². The molecule has 1 aromatic carbocycles. The highest BCUT2D eigenvalue weighted by Crippen LogP contribution is 2.35. The molecule has 0 spiro atoms. The average molecular weight is 378 g/mol. The van der Waals surface area contributed by atoms with Gasteiger partial charge in [-0.2, -0.15) is 0 Å².